The van der Waals surface area contributed by atoms with E-state index < -0.39 is 10.0 Å². The molecule has 0 radical (unpaired) electrons. The molecule has 0 saturated carbocycles. The lowest BCUT2D eigenvalue weighted by atomic mass is 10.3. The molecule has 0 aliphatic carbocycles. The summed E-state index contributed by atoms with van der Waals surface area (Å²) >= 11 is 0. The van der Waals surface area contributed by atoms with Crippen molar-refractivity contribution in [2.45, 2.75) is 11.3 Å². The van der Waals surface area contributed by atoms with Gasteiger partial charge in [-0.25, -0.2) is 13.1 Å². The summed E-state index contributed by atoms with van der Waals surface area (Å²) in [5.41, 5.74) is 7.03. The van der Waals surface area contributed by atoms with Crippen molar-refractivity contribution in [1.29, 1.82) is 0 Å². The first kappa shape index (κ1) is 15.3. The van der Waals surface area contributed by atoms with Gasteiger partial charge < -0.3 is 10.5 Å². The molecule has 1 aromatic carbocycles. The minimum Gasteiger partial charge on any atom is -0.495 e. The van der Waals surface area contributed by atoms with E-state index in [1.54, 1.807) is 10.9 Å². The maximum Gasteiger partial charge on any atom is 0.244 e. The van der Waals surface area contributed by atoms with Crippen LogP contribution in [0.1, 0.15) is 5.56 Å². The van der Waals surface area contributed by atoms with Gasteiger partial charge in [-0.1, -0.05) is 0 Å². The lowest BCUT2D eigenvalue weighted by Crippen LogP contribution is -2.26. The zero-order chi connectivity index (χ0) is 15.5. The number of anilines is 1. The smallest absolute Gasteiger partial charge is 0.244 e. The average molecular weight is 310 g/mol. The van der Waals surface area contributed by atoms with Crippen LogP contribution >= 0.6 is 0 Å². The number of nitrogens with one attached hydrogen (secondary N) is 1. The van der Waals surface area contributed by atoms with Crippen molar-refractivity contribution in [1.82, 2.24) is 14.5 Å². The minimum atomic E-state index is -3.64. The molecule has 0 unspecified atom stereocenters. The molecule has 0 aliphatic heterocycles. The highest BCUT2D eigenvalue weighted by Crippen LogP contribution is 2.25. The van der Waals surface area contributed by atoms with E-state index in [4.69, 9.17) is 10.5 Å². The number of aryl methyl sites for hydroxylation is 1. The third kappa shape index (κ3) is 3.73. The Balaban J connectivity index is 2.08. The third-order valence-electron chi connectivity index (χ3n) is 2.94. The van der Waals surface area contributed by atoms with Gasteiger partial charge in [0.25, 0.3) is 0 Å². The van der Waals surface area contributed by atoms with Crippen LogP contribution in [0.3, 0.4) is 0 Å². The van der Waals surface area contributed by atoms with Crippen molar-refractivity contribution < 1.29 is 13.2 Å². The van der Waals surface area contributed by atoms with Crippen molar-refractivity contribution in [3.05, 3.63) is 36.2 Å². The van der Waals surface area contributed by atoms with E-state index in [9.17, 15) is 8.42 Å². The zero-order valence-corrected chi connectivity index (χ0v) is 12.7. The molecule has 21 heavy (non-hydrogen) atoms. The summed E-state index contributed by atoms with van der Waals surface area (Å²) < 4.78 is 33.8. The second-order valence-corrected chi connectivity index (χ2v) is 6.32. The fraction of sp³-hybridized carbons (Fsp3) is 0.308. The number of rotatable bonds is 6. The maximum atomic E-state index is 12.3. The minimum absolute atomic E-state index is 0.0744. The van der Waals surface area contributed by atoms with Gasteiger partial charge in [0.2, 0.25) is 10.0 Å². The van der Waals surface area contributed by atoms with Crippen molar-refractivity contribution in [2.75, 3.05) is 19.4 Å². The number of nitrogens with zero attached hydrogens (tertiary/aromatic N) is 2. The second kappa shape index (κ2) is 6.15. The summed E-state index contributed by atoms with van der Waals surface area (Å²) in [6, 6.07) is 4.44. The molecule has 1 heterocycles. The van der Waals surface area contributed by atoms with Gasteiger partial charge in [0.05, 0.1) is 13.3 Å². The molecule has 1 aromatic heterocycles. The lowest BCUT2D eigenvalue weighted by Gasteiger charge is -2.11. The van der Waals surface area contributed by atoms with Gasteiger partial charge in [-0.3, -0.25) is 4.68 Å². The Morgan fingerprint density at radius 2 is 2.19 bits per heavy atom. The van der Waals surface area contributed by atoms with E-state index >= 15 is 0 Å². The molecular formula is C13H18N4O3S. The molecule has 0 amide bonds. The van der Waals surface area contributed by atoms with E-state index in [-0.39, 0.29) is 17.2 Å². The molecule has 0 atom stereocenters. The molecule has 0 saturated heterocycles. The molecule has 114 valence electrons. The van der Waals surface area contributed by atoms with Gasteiger partial charge in [-0.15, -0.1) is 0 Å². The molecule has 8 heteroatoms. The summed E-state index contributed by atoms with van der Waals surface area (Å²) in [6.45, 7) is 0.279. The number of aromatic nitrogens is 2. The normalized spacial score (nSPS) is 11.5. The number of nitrogens with two attached hydrogens (primary N) is 1. The Morgan fingerprint density at radius 3 is 2.81 bits per heavy atom. The standard InChI is InChI=1S/C13H18N4O3S/c1-17-9-10(8-15-17)5-6-16-21(18,19)13-4-3-11(14)7-12(13)20-2/h3-4,7-9,16H,5-6,14H2,1-2H3. The molecule has 0 bridgehead atoms. The highest BCUT2D eigenvalue weighted by atomic mass is 32.2. The predicted octanol–water partition coefficient (Wildman–Crippen LogP) is 0.532. The van der Waals surface area contributed by atoms with Crippen molar-refractivity contribution in [2.24, 2.45) is 7.05 Å². The Labute approximate surface area is 123 Å². The Kier molecular flexibility index (Phi) is 4.49. The third-order valence-corrected chi connectivity index (χ3v) is 4.44. The summed E-state index contributed by atoms with van der Waals surface area (Å²) in [7, 11) is -0.422. The highest BCUT2D eigenvalue weighted by molar-refractivity contribution is 7.89. The van der Waals surface area contributed by atoms with E-state index in [1.165, 1.54) is 25.3 Å². The van der Waals surface area contributed by atoms with Crippen LogP contribution in [0.25, 0.3) is 0 Å². The Hall–Kier alpha value is -2.06. The van der Waals surface area contributed by atoms with Crippen LogP contribution in [0.2, 0.25) is 0 Å². The van der Waals surface area contributed by atoms with Crippen LogP contribution in [-0.2, 0) is 23.5 Å². The summed E-state index contributed by atoms with van der Waals surface area (Å²) in [5.74, 6) is 0.226. The van der Waals surface area contributed by atoms with Crippen molar-refractivity contribution in [3.8, 4) is 5.75 Å². The van der Waals surface area contributed by atoms with Gasteiger partial charge in [0.1, 0.15) is 10.6 Å². The molecule has 2 rings (SSSR count). The number of benzene rings is 1. The first-order valence-electron chi connectivity index (χ1n) is 6.33. The average Bonchev–Trinajstić information content (AvgIpc) is 2.83. The lowest BCUT2D eigenvalue weighted by molar-refractivity contribution is 0.402. The maximum absolute atomic E-state index is 12.3. The van der Waals surface area contributed by atoms with Crippen LogP contribution in [0.4, 0.5) is 5.69 Å². The molecule has 7 nitrogen and oxygen atoms in total. The molecule has 3 N–H and O–H groups in total. The zero-order valence-electron chi connectivity index (χ0n) is 11.9. The number of sulfonamides is 1. The van der Waals surface area contributed by atoms with Crippen molar-refractivity contribution in [3.63, 3.8) is 0 Å². The highest BCUT2D eigenvalue weighted by Gasteiger charge is 2.19. The van der Waals surface area contributed by atoms with Crippen LogP contribution < -0.4 is 15.2 Å². The van der Waals surface area contributed by atoms with E-state index in [0.717, 1.165) is 5.56 Å². The molecule has 2 aromatic rings. The molecular weight excluding hydrogens is 292 g/mol. The SMILES string of the molecule is COc1cc(N)ccc1S(=O)(=O)NCCc1cnn(C)c1. The largest absolute Gasteiger partial charge is 0.495 e. The van der Waals surface area contributed by atoms with E-state index in [1.807, 2.05) is 13.2 Å². The van der Waals surface area contributed by atoms with Gasteiger partial charge >= 0.3 is 0 Å². The molecule has 0 spiro atoms. The van der Waals surface area contributed by atoms with Crippen LogP contribution in [-0.4, -0.2) is 31.9 Å². The van der Waals surface area contributed by atoms with Gasteiger partial charge in [0.15, 0.2) is 0 Å². The fourth-order valence-electron chi connectivity index (χ4n) is 1.91. The first-order chi connectivity index (χ1) is 9.92. The van der Waals surface area contributed by atoms with Crippen LogP contribution in [0.5, 0.6) is 5.75 Å². The van der Waals surface area contributed by atoms with Gasteiger partial charge in [-0.05, 0) is 24.1 Å². The van der Waals surface area contributed by atoms with Crippen LogP contribution in [0.15, 0.2) is 35.5 Å². The van der Waals surface area contributed by atoms with Gasteiger partial charge in [0, 0.05) is 31.5 Å². The van der Waals surface area contributed by atoms with E-state index in [2.05, 4.69) is 9.82 Å². The van der Waals surface area contributed by atoms with E-state index in [0.29, 0.717) is 12.1 Å². The quantitative estimate of drug-likeness (QED) is 0.758. The monoisotopic (exact) mass is 310 g/mol. The Morgan fingerprint density at radius 1 is 1.43 bits per heavy atom. The summed E-state index contributed by atoms with van der Waals surface area (Å²) in [4.78, 5) is 0.0744. The summed E-state index contributed by atoms with van der Waals surface area (Å²) in [6.07, 6.45) is 4.11. The second-order valence-electron chi connectivity index (χ2n) is 4.58. The van der Waals surface area contributed by atoms with Crippen LogP contribution in [0, 0.1) is 0 Å². The van der Waals surface area contributed by atoms with Crippen molar-refractivity contribution >= 4 is 15.7 Å². The number of methoxy groups -OCH3 is 1. The number of nitrogen functional groups attached to an aromatic ring is 1. The molecule has 0 aliphatic rings. The first-order valence-corrected chi connectivity index (χ1v) is 7.81. The number of ether oxygens (including phenoxy) is 1. The number of hydrogen-bond acceptors (Lipinski definition) is 5. The summed E-state index contributed by atoms with van der Waals surface area (Å²) in [5, 5.41) is 4.03. The van der Waals surface area contributed by atoms with Gasteiger partial charge in [-0.2, -0.15) is 5.10 Å². The Bertz CT molecular complexity index is 725. The number of hydrogen-bond donors (Lipinski definition) is 2. The molecule has 0 fully saturated rings. The topological polar surface area (TPSA) is 99.2 Å². The fourth-order valence-corrected chi connectivity index (χ4v) is 3.10. The predicted molar refractivity (Wildman–Crippen MR) is 79.5 cm³/mol.